The third-order valence-corrected chi connectivity index (χ3v) is 4.93. The maximum Gasteiger partial charge on any atom is 0.337 e. The normalized spacial score (nSPS) is 11.2. The molecule has 1 heterocycles. The third-order valence-electron chi connectivity index (χ3n) is 3.57. The molecule has 0 bridgehead atoms. The highest BCUT2D eigenvalue weighted by atomic mass is 32.2. The van der Waals surface area contributed by atoms with Crippen molar-refractivity contribution in [3.63, 3.8) is 0 Å². The number of nitrogens with one attached hydrogen (secondary N) is 1. The third kappa shape index (κ3) is 3.65. The zero-order valence-electron chi connectivity index (χ0n) is 13.9. The maximum atomic E-state index is 12.6. The minimum Gasteiger partial charge on any atom is -0.478 e. The van der Waals surface area contributed by atoms with Crippen LogP contribution in [0.2, 0.25) is 0 Å². The van der Waals surface area contributed by atoms with Crippen molar-refractivity contribution in [1.29, 1.82) is 0 Å². The van der Waals surface area contributed by atoms with E-state index >= 15 is 0 Å². The molecule has 0 spiro atoms. The summed E-state index contributed by atoms with van der Waals surface area (Å²) in [6, 6.07) is 6.06. The molecule has 0 atom stereocenters. The van der Waals surface area contributed by atoms with Crippen LogP contribution >= 0.6 is 0 Å². The Hall–Kier alpha value is -2.61. The van der Waals surface area contributed by atoms with Crippen LogP contribution in [-0.2, 0) is 10.0 Å². The second kappa shape index (κ2) is 6.48. The minimum absolute atomic E-state index is 0.0987. The molecule has 2 rings (SSSR count). The molecule has 2 aromatic rings. The smallest absolute Gasteiger partial charge is 0.337 e. The molecule has 0 radical (unpaired) electrons. The van der Waals surface area contributed by atoms with Crippen LogP contribution in [0.15, 0.2) is 35.4 Å². The first kappa shape index (κ1) is 17.7. The molecule has 0 aliphatic heterocycles. The minimum atomic E-state index is -3.86. The van der Waals surface area contributed by atoms with Gasteiger partial charge < -0.3 is 10.0 Å². The molecular weight excluding hydrogens is 330 g/mol. The average molecular weight is 349 g/mol. The van der Waals surface area contributed by atoms with Crippen molar-refractivity contribution in [2.75, 3.05) is 23.7 Å². The lowest BCUT2D eigenvalue weighted by Crippen LogP contribution is -2.19. The SMILES string of the molecule is Cc1ccc(S(=O)(=O)Nc2cc(C(=O)O)cnc2N(C)C)cc1C. The molecule has 0 saturated heterocycles. The standard InChI is InChI=1S/C16H19N3O4S/c1-10-5-6-13(7-11(10)2)24(22,23)18-14-8-12(16(20)21)9-17-15(14)19(3)4/h5-9,18H,1-4H3,(H,20,21). The van der Waals surface area contributed by atoms with Crippen molar-refractivity contribution in [2.45, 2.75) is 18.7 Å². The van der Waals surface area contributed by atoms with Gasteiger partial charge in [0.25, 0.3) is 10.0 Å². The molecule has 0 amide bonds. The Morgan fingerprint density at radius 2 is 1.83 bits per heavy atom. The highest BCUT2D eigenvalue weighted by Crippen LogP contribution is 2.26. The van der Waals surface area contributed by atoms with Crippen molar-refractivity contribution < 1.29 is 18.3 Å². The second-order valence-corrected chi connectivity index (χ2v) is 7.33. The number of pyridine rings is 1. The molecule has 7 nitrogen and oxygen atoms in total. The van der Waals surface area contributed by atoms with Crippen molar-refractivity contribution >= 4 is 27.5 Å². The van der Waals surface area contributed by atoms with Gasteiger partial charge in [-0.05, 0) is 43.2 Å². The van der Waals surface area contributed by atoms with Gasteiger partial charge >= 0.3 is 5.97 Å². The lowest BCUT2D eigenvalue weighted by molar-refractivity contribution is 0.0696. The molecule has 2 N–H and O–H groups in total. The molecule has 0 saturated carbocycles. The fourth-order valence-corrected chi connectivity index (χ4v) is 3.23. The van der Waals surface area contributed by atoms with Crippen molar-refractivity contribution in [1.82, 2.24) is 4.98 Å². The molecule has 24 heavy (non-hydrogen) atoms. The van der Waals surface area contributed by atoms with E-state index in [4.69, 9.17) is 5.11 Å². The number of nitrogens with zero attached hydrogens (tertiary/aromatic N) is 2. The van der Waals surface area contributed by atoms with Crippen LogP contribution in [0.3, 0.4) is 0 Å². The van der Waals surface area contributed by atoms with E-state index < -0.39 is 16.0 Å². The number of anilines is 2. The van der Waals surface area contributed by atoms with Crippen LogP contribution in [0.1, 0.15) is 21.5 Å². The van der Waals surface area contributed by atoms with Gasteiger partial charge in [0.1, 0.15) is 0 Å². The number of aryl methyl sites for hydroxylation is 2. The molecule has 8 heteroatoms. The Labute approximate surface area is 141 Å². The Morgan fingerprint density at radius 3 is 2.38 bits per heavy atom. The summed E-state index contributed by atoms with van der Waals surface area (Å²) in [5.74, 6) is -0.855. The fourth-order valence-electron chi connectivity index (χ4n) is 2.09. The van der Waals surface area contributed by atoms with Crippen molar-refractivity contribution in [2.24, 2.45) is 0 Å². The van der Waals surface area contributed by atoms with E-state index in [0.29, 0.717) is 5.82 Å². The maximum absolute atomic E-state index is 12.6. The van der Waals surface area contributed by atoms with Crippen LogP contribution in [0.25, 0.3) is 0 Å². The van der Waals surface area contributed by atoms with Gasteiger partial charge in [0.05, 0.1) is 16.1 Å². The number of rotatable bonds is 5. The topological polar surface area (TPSA) is 99.6 Å². The van der Waals surface area contributed by atoms with E-state index in [1.165, 1.54) is 18.3 Å². The highest BCUT2D eigenvalue weighted by Gasteiger charge is 2.19. The number of carbonyl (C=O) groups is 1. The van der Waals surface area contributed by atoms with E-state index in [1.807, 2.05) is 13.8 Å². The van der Waals surface area contributed by atoms with Crippen LogP contribution in [0, 0.1) is 13.8 Å². The Kier molecular flexibility index (Phi) is 4.79. The largest absolute Gasteiger partial charge is 0.478 e. The Morgan fingerprint density at radius 1 is 1.17 bits per heavy atom. The lowest BCUT2D eigenvalue weighted by Gasteiger charge is -2.18. The molecule has 0 aliphatic rings. The summed E-state index contributed by atoms with van der Waals surface area (Å²) in [5.41, 5.74) is 1.84. The van der Waals surface area contributed by atoms with E-state index in [2.05, 4.69) is 9.71 Å². The van der Waals surface area contributed by atoms with Crippen LogP contribution < -0.4 is 9.62 Å². The summed E-state index contributed by atoms with van der Waals surface area (Å²) in [4.78, 5) is 16.9. The zero-order chi connectivity index (χ0) is 18.1. The quantitative estimate of drug-likeness (QED) is 0.859. The van der Waals surface area contributed by atoms with Gasteiger partial charge in [0.2, 0.25) is 0 Å². The van der Waals surface area contributed by atoms with Gasteiger partial charge in [-0.1, -0.05) is 6.07 Å². The van der Waals surface area contributed by atoms with Gasteiger partial charge in [-0.2, -0.15) is 0 Å². The summed E-state index contributed by atoms with van der Waals surface area (Å²) >= 11 is 0. The molecule has 1 aromatic heterocycles. The monoisotopic (exact) mass is 349 g/mol. The van der Waals surface area contributed by atoms with Gasteiger partial charge in [-0.25, -0.2) is 18.2 Å². The molecule has 0 unspecified atom stereocenters. The molecule has 0 fully saturated rings. The first-order valence-corrected chi connectivity index (χ1v) is 8.61. The number of hydrogen-bond acceptors (Lipinski definition) is 5. The van der Waals surface area contributed by atoms with Gasteiger partial charge in [0, 0.05) is 20.3 Å². The van der Waals surface area contributed by atoms with Crippen LogP contribution in [-0.4, -0.2) is 38.6 Å². The molecule has 128 valence electrons. The van der Waals surface area contributed by atoms with Gasteiger partial charge in [0.15, 0.2) is 5.82 Å². The van der Waals surface area contributed by atoms with Crippen molar-refractivity contribution in [3.05, 3.63) is 47.2 Å². The first-order chi connectivity index (χ1) is 11.1. The summed E-state index contributed by atoms with van der Waals surface area (Å²) in [5, 5.41) is 9.09. The van der Waals surface area contributed by atoms with E-state index in [-0.39, 0.29) is 16.1 Å². The molecular formula is C16H19N3O4S. The second-order valence-electron chi connectivity index (χ2n) is 5.65. The molecule has 0 aliphatic carbocycles. The number of aromatic carboxylic acids is 1. The Bertz CT molecular complexity index is 892. The fraction of sp³-hybridized carbons (Fsp3) is 0.250. The molecule has 1 aromatic carbocycles. The Balaban J connectivity index is 2.49. The number of hydrogen-bond donors (Lipinski definition) is 2. The number of benzene rings is 1. The summed E-state index contributed by atoms with van der Waals surface area (Å²) in [7, 11) is -0.479. The average Bonchev–Trinajstić information content (AvgIpc) is 2.49. The van der Waals surface area contributed by atoms with E-state index in [1.54, 1.807) is 31.1 Å². The van der Waals surface area contributed by atoms with Gasteiger partial charge in [-0.15, -0.1) is 0 Å². The van der Waals surface area contributed by atoms with Crippen LogP contribution in [0.5, 0.6) is 0 Å². The highest BCUT2D eigenvalue weighted by molar-refractivity contribution is 7.92. The number of sulfonamides is 1. The van der Waals surface area contributed by atoms with Crippen molar-refractivity contribution in [3.8, 4) is 0 Å². The predicted molar refractivity (Wildman–Crippen MR) is 92.2 cm³/mol. The summed E-state index contributed by atoms with van der Waals surface area (Å²) in [6.45, 7) is 3.72. The predicted octanol–water partition coefficient (Wildman–Crippen LogP) is 2.26. The number of carboxylic acid groups (broad SMARTS) is 1. The zero-order valence-corrected chi connectivity index (χ0v) is 14.7. The summed E-state index contributed by atoms with van der Waals surface area (Å²) in [6.07, 6.45) is 1.19. The summed E-state index contributed by atoms with van der Waals surface area (Å²) < 4.78 is 27.7. The van der Waals surface area contributed by atoms with E-state index in [9.17, 15) is 13.2 Å². The number of aromatic nitrogens is 1. The van der Waals surface area contributed by atoms with Crippen LogP contribution in [0.4, 0.5) is 11.5 Å². The lowest BCUT2D eigenvalue weighted by atomic mass is 10.1. The first-order valence-electron chi connectivity index (χ1n) is 7.12. The van der Waals surface area contributed by atoms with Gasteiger partial charge in [-0.3, -0.25) is 4.72 Å². The van der Waals surface area contributed by atoms with E-state index in [0.717, 1.165) is 11.1 Å². The number of carboxylic acids is 1.